The zero-order valence-corrected chi connectivity index (χ0v) is 10.3. The van der Waals surface area contributed by atoms with Crippen LogP contribution in [0.4, 0.5) is 0 Å². The van der Waals surface area contributed by atoms with Crippen molar-refractivity contribution in [1.29, 1.82) is 0 Å². The Kier molecular flexibility index (Phi) is 2.96. The van der Waals surface area contributed by atoms with Gasteiger partial charge in [0, 0.05) is 12.5 Å². The molecule has 1 aromatic rings. The molecule has 0 spiro atoms. The van der Waals surface area contributed by atoms with Crippen molar-refractivity contribution in [2.45, 2.75) is 43.8 Å². The third kappa shape index (κ3) is 2.34. The first kappa shape index (κ1) is 11.5. The van der Waals surface area contributed by atoms with Gasteiger partial charge >= 0.3 is 0 Å². The molecule has 0 saturated heterocycles. The number of hydrogen-bond acceptors (Lipinski definition) is 4. The lowest BCUT2D eigenvalue weighted by Crippen LogP contribution is -2.44. The molecule has 4 nitrogen and oxygen atoms in total. The van der Waals surface area contributed by atoms with Gasteiger partial charge in [-0.2, -0.15) is 0 Å². The number of nitrogens with zero attached hydrogens (tertiary/aromatic N) is 1. The number of nitrogens with two attached hydrogens (primary N) is 1. The van der Waals surface area contributed by atoms with Crippen LogP contribution in [0.25, 0.3) is 0 Å². The summed E-state index contributed by atoms with van der Waals surface area (Å²) in [4.78, 5) is 4.75. The maximum Gasteiger partial charge on any atom is 0.115 e. The Morgan fingerprint density at radius 2 is 2.06 bits per heavy atom. The van der Waals surface area contributed by atoms with E-state index in [9.17, 15) is 5.11 Å². The number of rotatable bonds is 2. The van der Waals surface area contributed by atoms with Crippen LogP contribution >= 0.6 is 0 Å². The largest absolute Gasteiger partial charge is 0.508 e. The Labute approximate surface area is 107 Å². The number of phenolic OH excluding ortho intramolecular Hbond substituents is 1. The minimum absolute atomic E-state index is 0.305. The number of amidine groups is 1. The van der Waals surface area contributed by atoms with E-state index < -0.39 is 0 Å². The highest BCUT2D eigenvalue weighted by molar-refractivity contribution is 5.86. The summed E-state index contributed by atoms with van der Waals surface area (Å²) in [7, 11) is 0. The van der Waals surface area contributed by atoms with E-state index in [4.69, 9.17) is 10.7 Å². The Bertz CT molecular complexity index is 455. The van der Waals surface area contributed by atoms with Crippen LogP contribution < -0.4 is 11.1 Å². The van der Waals surface area contributed by atoms with Gasteiger partial charge < -0.3 is 16.2 Å². The van der Waals surface area contributed by atoms with E-state index in [0.717, 1.165) is 31.5 Å². The van der Waals surface area contributed by atoms with Crippen LogP contribution in [0.15, 0.2) is 29.3 Å². The molecular formula is C14H19N3O. The van der Waals surface area contributed by atoms with Crippen molar-refractivity contribution in [2.75, 3.05) is 0 Å². The number of fused-ring (bicyclic) bond motifs is 1. The molecule has 18 heavy (non-hydrogen) atoms. The van der Waals surface area contributed by atoms with Crippen LogP contribution in [-0.2, 0) is 6.42 Å². The van der Waals surface area contributed by atoms with E-state index in [-0.39, 0.29) is 0 Å². The highest BCUT2D eigenvalue weighted by atomic mass is 16.3. The fourth-order valence-electron chi connectivity index (χ4n) is 2.85. The number of nitrogens with one attached hydrogen (secondary N) is 1. The second kappa shape index (κ2) is 4.61. The molecule has 1 aliphatic carbocycles. The van der Waals surface area contributed by atoms with Crippen LogP contribution in [0, 0.1) is 0 Å². The lowest BCUT2D eigenvalue weighted by Gasteiger charge is -2.28. The molecule has 0 radical (unpaired) electrons. The molecule has 0 bridgehead atoms. The maximum absolute atomic E-state index is 9.26. The lowest BCUT2D eigenvalue weighted by molar-refractivity contribution is 0.347. The summed E-state index contributed by atoms with van der Waals surface area (Å²) in [6.45, 7) is 0. The molecule has 1 aromatic carbocycles. The smallest absolute Gasteiger partial charge is 0.115 e. The van der Waals surface area contributed by atoms with Gasteiger partial charge in [-0.05, 0) is 37.0 Å². The summed E-state index contributed by atoms with van der Waals surface area (Å²) in [5, 5.41) is 12.7. The van der Waals surface area contributed by atoms with Crippen LogP contribution in [0.3, 0.4) is 0 Å². The molecule has 0 aromatic heterocycles. The average Bonchev–Trinajstić information content (AvgIpc) is 2.73. The predicted molar refractivity (Wildman–Crippen MR) is 71.8 cm³/mol. The zero-order valence-electron chi connectivity index (χ0n) is 10.3. The Balaban J connectivity index is 1.66. The lowest BCUT2D eigenvalue weighted by atomic mass is 9.88. The van der Waals surface area contributed by atoms with Gasteiger partial charge in [-0.3, -0.25) is 4.99 Å². The van der Waals surface area contributed by atoms with Gasteiger partial charge in [-0.15, -0.1) is 0 Å². The van der Waals surface area contributed by atoms with Crippen molar-refractivity contribution in [3.63, 3.8) is 0 Å². The number of phenols is 1. The second-order valence-corrected chi connectivity index (χ2v) is 5.31. The summed E-state index contributed by atoms with van der Waals surface area (Å²) in [5.74, 6) is 1.37. The molecule has 96 valence electrons. The van der Waals surface area contributed by atoms with Crippen molar-refractivity contribution in [3.8, 4) is 5.75 Å². The van der Waals surface area contributed by atoms with Gasteiger partial charge in [0.05, 0.1) is 12.1 Å². The molecule has 2 aliphatic rings. The van der Waals surface area contributed by atoms with Crippen molar-refractivity contribution in [3.05, 3.63) is 29.8 Å². The summed E-state index contributed by atoms with van der Waals surface area (Å²) in [5.41, 5.74) is 7.16. The highest BCUT2D eigenvalue weighted by Crippen LogP contribution is 2.25. The SMILES string of the molecule is NC1CCC2N=C(Cc3ccc(O)cc3)NC2C1. The molecule has 1 heterocycles. The normalized spacial score (nSPS) is 30.5. The first-order valence-corrected chi connectivity index (χ1v) is 6.57. The minimum atomic E-state index is 0.305. The van der Waals surface area contributed by atoms with E-state index in [1.165, 1.54) is 5.56 Å². The molecule has 3 atom stereocenters. The first-order chi connectivity index (χ1) is 8.70. The van der Waals surface area contributed by atoms with Crippen molar-refractivity contribution < 1.29 is 5.11 Å². The summed E-state index contributed by atoms with van der Waals surface area (Å²) in [6, 6.07) is 8.47. The first-order valence-electron chi connectivity index (χ1n) is 6.57. The van der Waals surface area contributed by atoms with Crippen molar-refractivity contribution >= 4 is 5.84 Å². The number of aliphatic imine (C=N–C) groups is 1. The maximum atomic E-state index is 9.26. The molecule has 4 heteroatoms. The molecule has 3 rings (SSSR count). The van der Waals surface area contributed by atoms with Gasteiger partial charge in [0.25, 0.3) is 0 Å². The van der Waals surface area contributed by atoms with Crippen LogP contribution in [0.5, 0.6) is 5.75 Å². The zero-order chi connectivity index (χ0) is 12.5. The summed E-state index contributed by atoms with van der Waals surface area (Å²) >= 11 is 0. The number of aromatic hydroxyl groups is 1. The number of hydrogen-bond donors (Lipinski definition) is 3. The van der Waals surface area contributed by atoms with Gasteiger partial charge in [0.2, 0.25) is 0 Å². The van der Waals surface area contributed by atoms with Gasteiger partial charge in [0.1, 0.15) is 11.6 Å². The molecule has 0 amide bonds. The second-order valence-electron chi connectivity index (χ2n) is 5.31. The van der Waals surface area contributed by atoms with Crippen LogP contribution in [0.2, 0.25) is 0 Å². The van der Waals surface area contributed by atoms with E-state index >= 15 is 0 Å². The van der Waals surface area contributed by atoms with Crippen LogP contribution in [-0.4, -0.2) is 29.1 Å². The van der Waals surface area contributed by atoms with Gasteiger partial charge in [-0.25, -0.2) is 0 Å². The van der Waals surface area contributed by atoms with E-state index in [0.29, 0.717) is 23.9 Å². The molecule has 1 aliphatic heterocycles. The number of benzene rings is 1. The van der Waals surface area contributed by atoms with Crippen LogP contribution in [0.1, 0.15) is 24.8 Å². The fraction of sp³-hybridized carbons (Fsp3) is 0.500. The molecular weight excluding hydrogens is 226 g/mol. The van der Waals surface area contributed by atoms with Crippen molar-refractivity contribution in [1.82, 2.24) is 5.32 Å². The minimum Gasteiger partial charge on any atom is -0.508 e. The van der Waals surface area contributed by atoms with E-state index in [2.05, 4.69) is 5.32 Å². The molecule has 4 N–H and O–H groups in total. The Morgan fingerprint density at radius 1 is 1.28 bits per heavy atom. The molecule has 1 saturated carbocycles. The standard InChI is InChI=1S/C14H19N3O/c15-10-3-6-12-13(8-10)17-14(16-12)7-9-1-4-11(18)5-2-9/h1-2,4-5,10,12-13,18H,3,6-8,15H2,(H,16,17). The monoisotopic (exact) mass is 245 g/mol. The van der Waals surface area contributed by atoms with E-state index in [1.54, 1.807) is 12.1 Å². The van der Waals surface area contributed by atoms with Gasteiger partial charge in [0.15, 0.2) is 0 Å². The fourth-order valence-corrected chi connectivity index (χ4v) is 2.85. The summed E-state index contributed by atoms with van der Waals surface area (Å²) in [6.07, 6.45) is 4.01. The third-order valence-corrected chi connectivity index (χ3v) is 3.84. The summed E-state index contributed by atoms with van der Waals surface area (Å²) < 4.78 is 0. The predicted octanol–water partition coefficient (Wildman–Crippen LogP) is 1.18. The van der Waals surface area contributed by atoms with Crippen molar-refractivity contribution in [2.24, 2.45) is 10.7 Å². The Hall–Kier alpha value is -1.55. The highest BCUT2D eigenvalue weighted by Gasteiger charge is 2.33. The molecule has 1 fully saturated rings. The Morgan fingerprint density at radius 3 is 2.83 bits per heavy atom. The average molecular weight is 245 g/mol. The topological polar surface area (TPSA) is 70.6 Å². The quantitative estimate of drug-likeness (QED) is 0.733. The third-order valence-electron chi connectivity index (χ3n) is 3.84. The van der Waals surface area contributed by atoms with Gasteiger partial charge in [-0.1, -0.05) is 12.1 Å². The van der Waals surface area contributed by atoms with E-state index in [1.807, 2.05) is 12.1 Å². The molecule has 3 unspecified atom stereocenters.